The number of hydrogen-bond acceptors (Lipinski definition) is 1. The zero-order valence-corrected chi connectivity index (χ0v) is 14.9. The molecule has 1 N–H and O–H groups in total. The number of halogens is 2. The monoisotopic (exact) mass is 384 g/mol. The van der Waals surface area contributed by atoms with E-state index in [0.29, 0.717) is 0 Å². The number of hydrogen-bond donors (Lipinski definition) is 1. The normalized spacial score (nSPS) is 15.8. The zero-order chi connectivity index (χ0) is 16.5. The van der Waals surface area contributed by atoms with Crippen molar-refractivity contribution < 1.29 is 4.39 Å². The Morgan fingerprint density at radius 3 is 2.75 bits per heavy atom. The Balaban J connectivity index is 1.59. The maximum absolute atomic E-state index is 13.6. The van der Waals surface area contributed by atoms with Crippen molar-refractivity contribution in [2.45, 2.75) is 25.7 Å². The summed E-state index contributed by atoms with van der Waals surface area (Å²) in [5.41, 5.74) is 5.75. The Morgan fingerprint density at radius 1 is 1.08 bits per heavy atom. The van der Waals surface area contributed by atoms with Gasteiger partial charge >= 0.3 is 0 Å². The molecule has 24 heavy (non-hydrogen) atoms. The molecule has 0 unspecified atom stereocenters. The van der Waals surface area contributed by atoms with Crippen LogP contribution in [-0.4, -0.2) is 17.2 Å². The fourth-order valence-electron chi connectivity index (χ4n) is 3.41. The van der Waals surface area contributed by atoms with Crippen LogP contribution in [0.15, 0.2) is 51.9 Å². The van der Waals surface area contributed by atoms with Crippen molar-refractivity contribution in [2.24, 2.45) is 4.99 Å². The Kier molecular flexibility index (Phi) is 4.23. The summed E-state index contributed by atoms with van der Waals surface area (Å²) >= 11 is 3.46. The van der Waals surface area contributed by atoms with E-state index in [1.165, 1.54) is 17.2 Å². The maximum Gasteiger partial charge on any atom is 0.123 e. The van der Waals surface area contributed by atoms with Crippen LogP contribution in [0, 0.1) is 5.82 Å². The largest absolute Gasteiger partial charge is 0.353 e. The van der Waals surface area contributed by atoms with Crippen molar-refractivity contribution in [3.63, 3.8) is 0 Å². The van der Waals surface area contributed by atoms with Gasteiger partial charge in [0.2, 0.25) is 0 Å². The van der Waals surface area contributed by atoms with Gasteiger partial charge in [0.1, 0.15) is 5.82 Å². The van der Waals surface area contributed by atoms with Gasteiger partial charge < -0.3 is 4.98 Å². The highest BCUT2D eigenvalue weighted by Gasteiger charge is 2.20. The average Bonchev–Trinajstić information content (AvgIpc) is 2.95. The van der Waals surface area contributed by atoms with Crippen molar-refractivity contribution in [3.05, 3.63) is 69.6 Å². The fraction of sp³-hybridized carbons (Fsp3) is 0.250. The highest BCUT2D eigenvalue weighted by molar-refractivity contribution is 9.10. The third-order valence-corrected chi connectivity index (χ3v) is 5.14. The molecule has 0 aliphatic heterocycles. The summed E-state index contributed by atoms with van der Waals surface area (Å²) in [6.45, 7) is 0.778. The van der Waals surface area contributed by atoms with Gasteiger partial charge in [-0.1, -0.05) is 28.1 Å². The minimum atomic E-state index is -0.177. The summed E-state index contributed by atoms with van der Waals surface area (Å²) < 4.78 is 14.6. The first-order chi connectivity index (χ1) is 11.7. The molecule has 2 aromatic carbocycles. The number of nitrogens with one attached hydrogen (secondary N) is 1. The SMILES string of the molecule is Fc1ccc2[nH]c3c(c2c1)CCCC3=NCCc1ccc(Br)cc1. The average molecular weight is 385 g/mol. The number of rotatable bonds is 3. The lowest BCUT2D eigenvalue weighted by Gasteiger charge is -2.14. The van der Waals surface area contributed by atoms with E-state index >= 15 is 0 Å². The Hall–Kier alpha value is -1.94. The molecular weight excluding hydrogens is 367 g/mol. The van der Waals surface area contributed by atoms with Crippen LogP contribution in [0.4, 0.5) is 4.39 Å². The van der Waals surface area contributed by atoms with Crippen LogP contribution in [-0.2, 0) is 12.8 Å². The molecule has 0 fully saturated rings. The van der Waals surface area contributed by atoms with Crippen LogP contribution < -0.4 is 0 Å². The van der Waals surface area contributed by atoms with Crippen LogP contribution in [0.5, 0.6) is 0 Å². The second kappa shape index (κ2) is 6.52. The number of benzene rings is 2. The Bertz CT molecular complexity index is 909. The van der Waals surface area contributed by atoms with E-state index in [1.54, 1.807) is 6.07 Å². The first-order valence-corrected chi connectivity index (χ1v) is 9.08. The second-order valence-corrected chi connectivity index (χ2v) is 7.14. The summed E-state index contributed by atoms with van der Waals surface area (Å²) in [5, 5.41) is 1.00. The Morgan fingerprint density at radius 2 is 1.92 bits per heavy atom. The molecule has 2 nitrogen and oxygen atoms in total. The van der Waals surface area contributed by atoms with Gasteiger partial charge in [-0.15, -0.1) is 0 Å². The molecule has 0 radical (unpaired) electrons. The molecule has 3 aromatic rings. The van der Waals surface area contributed by atoms with E-state index in [4.69, 9.17) is 4.99 Å². The van der Waals surface area contributed by atoms with Crippen molar-refractivity contribution >= 4 is 32.5 Å². The minimum Gasteiger partial charge on any atom is -0.353 e. The molecule has 4 heteroatoms. The van der Waals surface area contributed by atoms with Crippen LogP contribution >= 0.6 is 15.9 Å². The number of aliphatic imine (C=N–C) groups is 1. The molecule has 1 aromatic heterocycles. The summed E-state index contributed by atoms with van der Waals surface area (Å²) in [5.74, 6) is -0.177. The van der Waals surface area contributed by atoms with Gasteiger partial charge in [0.15, 0.2) is 0 Å². The minimum absolute atomic E-state index is 0.177. The lowest BCUT2D eigenvalue weighted by molar-refractivity contribution is 0.629. The molecule has 0 bridgehead atoms. The van der Waals surface area contributed by atoms with E-state index in [9.17, 15) is 4.39 Å². The molecule has 0 amide bonds. The number of nitrogens with zero attached hydrogens (tertiary/aromatic N) is 1. The highest BCUT2D eigenvalue weighted by atomic mass is 79.9. The van der Waals surface area contributed by atoms with Gasteiger partial charge in [-0.2, -0.15) is 0 Å². The van der Waals surface area contributed by atoms with Crippen molar-refractivity contribution in [1.29, 1.82) is 0 Å². The van der Waals surface area contributed by atoms with Crippen molar-refractivity contribution in [2.75, 3.05) is 6.54 Å². The summed E-state index contributed by atoms with van der Waals surface area (Å²) in [7, 11) is 0. The number of aryl methyl sites for hydroxylation is 1. The van der Waals surface area contributed by atoms with Gasteiger partial charge in [-0.05, 0) is 67.1 Å². The topological polar surface area (TPSA) is 28.1 Å². The first kappa shape index (κ1) is 15.6. The summed E-state index contributed by atoms with van der Waals surface area (Å²) in [4.78, 5) is 8.29. The van der Waals surface area contributed by atoms with Crippen molar-refractivity contribution in [1.82, 2.24) is 4.98 Å². The molecule has 1 aliphatic carbocycles. The van der Waals surface area contributed by atoms with Gasteiger partial charge in [-0.3, -0.25) is 4.99 Å². The maximum atomic E-state index is 13.6. The predicted molar refractivity (Wildman–Crippen MR) is 100 cm³/mol. The first-order valence-electron chi connectivity index (χ1n) is 8.29. The summed E-state index contributed by atoms with van der Waals surface area (Å²) in [6, 6.07) is 13.3. The third kappa shape index (κ3) is 3.03. The molecule has 0 atom stereocenters. The van der Waals surface area contributed by atoms with E-state index in [0.717, 1.165) is 59.0 Å². The summed E-state index contributed by atoms with van der Waals surface area (Å²) in [6.07, 6.45) is 3.99. The lowest BCUT2D eigenvalue weighted by atomic mass is 9.94. The number of H-pyrrole nitrogens is 1. The number of aromatic amines is 1. The van der Waals surface area contributed by atoms with E-state index in [2.05, 4.69) is 45.2 Å². The zero-order valence-electron chi connectivity index (χ0n) is 13.3. The van der Waals surface area contributed by atoms with E-state index < -0.39 is 0 Å². The number of fused-ring (bicyclic) bond motifs is 3. The lowest BCUT2D eigenvalue weighted by Crippen LogP contribution is -2.12. The van der Waals surface area contributed by atoms with Crippen LogP contribution in [0.2, 0.25) is 0 Å². The molecule has 1 heterocycles. The van der Waals surface area contributed by atoms with Gasteiger partial charge in [0.05, 0.1) is 11.4 Å². The highest BCUT2D eigenvalue weighted by Crippen LogP contribution is 2.30. The molecular formula is C20H18BrFN2. The quantitative estimate of drug-likeness (QED) is 0.622. The molecule has 4 rings (SSSR count). The molecule has 0 saturated carbocycles. The standard InChI is InChI=1S/C20H18BrFN2/c21-14-6-4-13(5-7-14)10-11-23-19-3-1-2-16-17-12-15(22)8-9-18(17)24-20(16)19/h4-9,12,24H,1-3,10-11H2. The third-order valence-electron chi connectivity index (χ3n) is 4.61. The van der Waals surface area contributed by atoms with Crippen molar-refractivity contribution in [3.8, 4) is 0 Å². The Labute approximate surface area is 148 Å². The molecule has 0 spiro atoms. The van der Waals surface area contributed by atoms with E-state index in [1.807, 2.05) is 6.07 Å². The fourth-order valence-corrected chi connectivity index (χ4v) is 3.68. The number of aromatic nitrogens is 1. The van der Waals surface area contributed by atoms with Gasteiger partial charge in [0.25, 0.3) is 0 Å². The second-order valence-electron chi connectivity index (χ2n) is 6.23. The van der Waals surface area contributed by atoms with Crippen LogP contribution in [0.3, 0.4) is 0 Å². The molecule has 0 saturated heterocycles. The van der Waals surface area contributed by atoms with E-state index in [-0.39, 0.29) is 5.82 Å². The van der Waals surface area contributed by atoms with Gasteiger partial charge in [0, 0.05) is 21.9 Å². The predicted octanol–water partition coefficient (Wildman–Crippen LogP) is 5.44. The smallest absolute Gasteiger partial charge is 0.123 e. The molecule has 122 valence electrons. The van der Waals surface area contributed by atoms with Crippen LogP contribution in [0.1, 0.15) is 29.7 Å². The molecule has 1 aliphatic rings. The van der Waals surface area contributed by atoms with Crippen LogP contribution in [0.25, 0.3) is 10.9 Å². The van der Waals surface area contributed by atoms with Gasteiger partial charge in [-0.25, -0.2) is 4.39 Å².